The Kier molecular flexibility index (Phi) is 7.53. The molecule has 35 heavy (non-hydrogen) atoms. The fraction of sp³-hybridized carbons (Fsp3) is 0.273. The quantitative estimate of drug-likeness (QED) is 0.330. The first-order valence-corrected chi connectivity index (χ1v) is 13.6. The highest BCUT2D eigenvalue weighted by Gasteiger charge is 2.36. The number of likely N-dealkylation sites (N-methyl/N-ethyl adjacent to an activating group) is 1. The monoisotopic (exact) mass is 584 g/mol. The molecule has 5 nitrogen and oxygen atoms in total. The van der Waals surface area contributed by atoms with E-state index in [1.165, 1.54) is 12.1 Å². The van der Waals surface area contributed by atoms with E-state index < -0.39 is 33.6 Å². The molecule has 0 amide bonds. The van der Waals surface area contributed by atoms with Gasteiger partial charge in [0.1, 0.15) is 16.1 Å². The molecule has 0 saturated carbocycles. The van der Waals surface area contributed by atoms with Crippen molar-refractivity contribution in [2.45, 2.75) is 22.9 Å². The summed E-state index contributed by atoms with van der Waals surface area (Å²) in [5, 5.41) is 0.587. The molecule has 1 atom stereocenters. The summed E-state index contributed by atoms with van der Waals surface area (Å²) in [6.07, 6.45) is -4.55. The summed E-state index contributed by atoms with van der Waals surface area (Å²) < 4.78 is 75.3. The van der Waals surface area contributed by atoms with Crippen LogP contribution in [0.15, 0.2) is 46.7 Å². The van der Waals surface area contributed by atoms with Crippen LogP contribution in [0.5, 0.6) is 5.75 Å². The van der Waals surface area contributed by atoms with E-state index in [1.54, 1.807) is 12.1 Å². The van der Waals surface area contributed by atoms with Gasteiger partial charge in [-0.2, -0.15) is 13.2 Å². The first-order chi connectivity index (χ1) is 16.3. The molecule has 1 aliphatic rings. The first-order valence-electron chi connectivity index (χ1n) is 10.2. The van der Waals surface area contributed by atoms with Gasteiger partial charge in [-0.1, -0.05) is 40.9 Å². The second-order valence-corrected chi connectivity index (χ2v) is 12.4. The van der Waals surface area contributed by atoms with E-state index in [1.807, 2.05) is 11.9 Å². The fourth-order valence-corrected chi connectivity index (χ4v) is 7.17. The molecular formula is C22H18Cl3F3N2O3S2. The predicted molar refractivity (Wildman–Crippen MR) is 134 cm³/mol. The van der Waals surface area contributed by atoms with Crippen LogP contribution in [0.4, 0.5) is 18.9 Å². The van der Waals surface area contributed by atoms with Crippen LogP contribution in [0.25, 0.3) is 11.1 Å². The number of alkyl halides is 3. The first kappa shape index (κ1) is 26.4. The number of halogens is 6. The highest BCUT2D eigenvalue weighted by molar-refractivity contribution is 7.94. The third kappa shape index (κ3) is 6.00. The number of anilines is 1. The van der Waals surface area contributed by atoms with E-state index in [-0.39, 0.29) is 24.8 Å². The minimum atomic E-state index is -4.67. The Labute approximate surface area is 219 Å². The van der Waals surface area contributed by atoms with Gasteiger partial charge in [0.25, 0.3) is 10.0 Å². The third-order valence-corrected chi connectivity index (χ3v) is 9.04. The van der Waals surface area contributed by atoms with E-state index in [2.05, 4.69) is 4.72 Å². The van der Waals surface area contributed by atoms with Gasteiger partial charge in [-0.3, -0.25) is 4.72 Å². The van der Waals surface area contributed by atoms with Gasteiger partial charge in [0.05, 0.1) is 15.6 Å². The summed E-state index contributed by atoms with van der Waals surface area (Å²) in [6, 6.07) is 8.91. The van der Waals surface area contributed by atoms with Crippen molar-refractivity contribution in [1.29, 1.82) is 0 Å². The molecule has 4 rings (SSSR count). The van der Waals surface area contributed by atoms with Crippen molar-refractivity contribution in [1.82, 2.24) is 4.90 Å². The minimum Gasteiger partial charge on any atom is -0.488 e. The molecule has 188 valence electrons. The molecule has 0 unspecified atom stereocenters. The number of benzene rings is 2. The van der Waals surface area contributed by atoms with Crippen molar-refractivity contribution < 1.29 is 26.3 Å². The molecule has 1 aromatic heterocycles. The SMILES string of the molecule is CN1CC[C@@H](Oc2cc(NS(=O)(=O)c3sc(Cl)cc3-c3ccc(Cl)cc3Cl)ccc2C(F)(F)F)C1. The van der Waals surface area contributed by atoms with Crippen LogP contribution in [0.1, 0.15) is 12.0 Å². The number of hydrogen-bond acceptors (Lipinski definition) is 5. The molecule has 0 spiro atoms. The summed E-state index contributed by atoms with van der Waals surface area (Å²) in [5.74, 6) is -0.441. The molecule has 1 fully saturated rings. The number of nitrogens with one attached hydrogen (secondary N) is 1. The van der Waals surface area contributed by atoms with Crippen molar-refractivity contribution in [3.63, 3.8) is 0 Å². The Balaban J connectivity index is 1.69. The van der Waals surface area contributed by atoms with Crippen LogP contribution in [0, 0.1) is 0 Å². The molecule has 1 N–H and O–H groups in total. The molecule has 1 saturated heterocycles. The van der Waals surface area contributed by atoms with Crippen LogP contribution >= 0.6 is 46.1 Å². The lowest BCUT2D eigenvalue weighted by Crippen LogP contribution is -2.23. The zero-order valence-electron chi connectivity index (χ0n) is 18.0. The Morgan fingerprint density at radius 1 is 1.09 bits per heavy atom. The second kappa shape index (κ2) is 9.99. The molecule has 2 heterocycles. The van der Waals surface area contributed by atoms with Gasteiger partial charge in [0, 0.05) is 40.3 Å². The maximum Gasteiger partial charge on any atom is 0.419 e. The number of rotatable bonds is 6. The zero-order valence-corrected chi connectivity index (χ0v) is 21.9. The smallest absolute Gasteiger partial charge is 0.419 e. The minimum absolute atomic E-state index is 0.0861. The van der Waals surface area contributed by atoms with Gasteiger partial charge in [0.2, 0.25) is 0 Å². The Morgan fingerprint density at radius 3 is 2.46 bits per heavy atom. The second-order valence-electron chi connectivity index (χ2n) is 7.98. The van der Waals surface area contributed by atoms with Gasteiger partial charge in [-0.05, 0) is 43.8 Å². The molecule has 13 heteroatoms. The van der Waals surface area contributed by atoms with Crippen LogP contribution in [0.3, 0.4) is 0 Å². The van der Waals surface area contributed by atoms with Crippen LogP contribution in [-0.2, 0) is 16.2 Å². The molecule has 0 aliphatic carbocycles. The maximum atomic E-state index is 13.6. The van der Waals surface area contributed by atoms with Gasteiger partial charge < -0.3 is 9.64 Å². The summed E-state index contributed by atoms with van der Waals surface area (Å²) in [4.78, 5) is 1.94. The number of ether oxygens (including phenoxy) is 1. The van der Waals surface area contributed by atoms with Crippen LogP contribution < -0.4 is 9.46 Å². The van der Waals surface area contributed by atoms with Crippen LogP contribution in [0.2, 0.25) is 14.4 Å². The van der Waals surface area contributed by atoms with E-state index in [4.69, 9.17) is 39.5 Å². The lowest BCUT2D eigenvalue weighted by atomic mass is 10.1. The summed E-state index contributed by atoms with van der Waals surface area (Å²) in [5.41, 5.74) is -0.437. The Hall–Kier alpha value is -1.69. The van der Waals surface area contributed by atoms with E-state index in [0.29, 0.717) is 30.1 Å². The molecule has 0 bridgehead atoms. The lowest BCUT2D eigenvalue weighted by molar-refractivity contribution is -0.139. The van der Waals surface area contributed by atoms with E-state index >= 15 is 0 Å². The molecular weight excluding hydrogens is 568 g/mol. The lowest BCUT2D eigenvalue weighted by Gasteiger charge is -2.19. The van der Waals surface area contributed by atoms with Crippen molar-refractivity contribution >= 4 is 61.9 Å². The van der Waals surface area contributed by atoms with E-state index in [0.717, 1.165) is 29.5 Å². The summed E-state index contributed by atoms with van der Waals surface area (Å²) in [7, 11) is -2.41. The largest absolute Gasteiger partial charge is 0.488 e. The van der Waals surface area contributed by atoms with Crippen molar-refractivity contribution in [2.24, 2.45) is 0 Å². The topological polar surface area (TPSA) is 58.6 Å². The normalized spacial score (nSPS) is 17.1. The Bertz CT molecular complexity index is 1360. The van der Waals surface area contributed by atoms with E-state index in [9.17, 15) is 21.6 Å². The number of hydrogen-bond donors (Lipinski definition) is 1. The van der Waals surface area contributed by atoms with Gasteiger partial charge in [-0.15, -0.1) is 11.3 Å². The highest BCUT2D eigenvalue weighted by atomic mass is 35.5. The molecule has 3 aromatic rings. The molecule has 0 radical (unpaired) electrons. The van der Waals surface area contributed by atoms with Crippen molar-refractivity contribution in [3.05, 3.63) is 62.4 Å². The number of thiophene rings is 1. The van der Waals surface area contributed by atoms with Crippen molar-refractivity contribution in [2.75, 3.05) is 24.9 Å². The third-order valence-electron chi connectivity index (χ3n) is 5.31. The average molecular weight is 586 g/mol. The van der Waals surface area contributed by atoms with Gasteiger partial charge in [-0.25, -0.2) is 8.42 Å². The number of likely N-dealkylation sites (tertiary alicyclic amines) is 1. The Morgan fingerprint density at radius 2 is 1.83 bits per heavy atom. The number of nitrogens with zero attached hydrogens (tertiary/aromatic N) is 1. The number of sulfonamides is 1. The van der Waals surface area contributed by atoms with Crippen molar-refractivity contribution in [3.8, 4) is 16.9 Å². The molecule has 2 aromatic carbocycles. The summed E-state index contributed by atoms with van der Waals surface area (Å²) in [6.45, 7) is 1.15. The van der Waals surface area contributed by atoms with Gasteiger partial charge >= 0.3 is 6.18 Å². The van der Waals surface area contributed by atoms with Crippen LogP contribution in [-0.4, -0.2) is 39.6 Å². The standard InChI is InChI=1S/C22H18Cl3F3N2O3S2/c1-30-7-6-14(11-30)33-19-9-13(3-5-17(19)22(26,27)28)29-35(31,32)21-16(10-20(25)34-21)15-4-2-12(23)8-18(15)24/h2-5,8-10,14,29H,6-7,11H2,1H3/t14-/m1/s1. The highest BCUT2D eigenvalue weighted by Crippen LogP contribution is 2.43. The summed E-state index contributed by atoms with van der Waals surface area (Å²) >= 11 is 19.1. The average Bonchev–Trinajstić information content (AvgIpc) is 3.32. The predicted octanol–water partition coefficient (Wildman–Crippen LogP) is 7.28. The fourth-order valence-electron chi connectivity index (χ4n) is 3.73. The zero-order chi connectivity index (χ0) is 25.5. The van der Waals surface area contributed by atoms with Gasteiger partial charge in [0.15, 0.2) is 0 Å². The molecule has 1 aliphatic heterocycles. The maximum absolute atomic E-state index is 13.6.